The molecule has 0 spiro atoms. The SMILES string of the molecule is CCCCCCCCC(OC(C)=O)C(CCCCCCCCCCCCCCCc1cc(O)cc(O)c1)OC(C)=O. The lowest BCUT2D eigenvalue weighted by Crippen LogP contribution is -2.34. The number of esters is 2. The molecule has 0 bridgehead atoms. The van der Waals surface area contributed by atoms with Crippen molar-refractivity contribution >= 4 is 11.9 Å². The molecule has 0 aliphatic carbocycles. The van der Waals surface area contributed by atoms with Crippen LogP contribution in [-0.2, 0) is 25.5 Å². The van der Waals surface area contributed by atoms with Crippen LogP contribution in [0.15, 0.2) is 18.2 Å². The van der Waals surface area contributed by atoms with Crippen molar-refractivity contribution in [1.29, 1.82) is 0 Å². The molecule has 0 radical (unpaired) electrons. The molecule has 0 fully saturated rings. The number of unbranched alkanes of at least 4 members (excludes halogenated alkanes) is 17. The second-order valence-electron chi connectivity index (χ2n) is 11.8. The van der Waals surface area contributed by atoms with Crippen LogP contribution in [0, 0.1) is 0 Å². The number of aryl methyl sites for hydroxylation is 1. The molecule has 6 nitrogen and oxygen atoms in total. The minimum absolute atomic E-state index is 0.136. The number of ether oxygens (including phenoxy) is 2. The first-order chi connectivity index (χ1) is 19.8. The first-order valence-corrected chi connectivity index (χ1v) is 16.7. The number of carbonyl (C=O) groups excluding carboxylic acids is 2. The molecule has 0 aliphatic heterocycles. The van der Waals surface area contributed by atoms with Crippen molar-refractivity contribution in [3.63, 3.8) is 0 Å². The van der Waals surface area contributed by atoms with Gasteiger partial charge in [-0.1, -0.05) is 110 Å². The van der Waals surface area contributed by atoms with Gasteiger partial charge in [-0.05, 0) is 56.2 Å². The van der Waals surface area contributed by atoms with Crippen LogP contribution < -0.4 is 0 Å². The Morgan fingerprint density at radius 1 is 0.561 bits per heavy atom. The molecule has 0 aliphatic rings. The molecular weight excluding hydrogens is 516 g/mol. The smallest absolute Gasteiger partial charge is 0.303 e. The first kappa shape index (κ1) is 36.8. The number of phenolic OH excluding ortho intramolecular Hbond substituents is 2. The molecule has 0 amide bonds. The van der Waals surface area contributed by atoms with E-state index in [0.717, 1.165) is 56.9 Å². The normalized spacial score (nSPS) is 12.7. The summed E-state index contributed by atoms with van der Waals surface area (Å²) in [6, 6.07) is 4.84. The molecule has 0 heterocycles. The van der Waals surface area contributed by atoms with Gasteiger partial charge in [-0.3, -0.25) is 9.59 Å². The first-order valence-electron chi connectivity index (χ1n) is 16.7. The van der Waals surface area contributed by atoms with Crippen LogP contribution in [0.5, 0.6) is 11.5 Å². The molecule has 0 saturated heterocycles. The van der Waals surface area contributed by atoms with Crippen LogP contribution in [0.4, 0.5) is 0 Å². The summed E-state index contributed by atoms with van der Waals surface area (Å²) in [5.74, 6) is -0.331. The van der Waals surface area contributed by atoms with Gasteiger partial charge in [0.2, 0.25) is 0 Å². The highest BCUT2D eigenvalue weighted by atomic mass is 16.6. The van der Waals surface area contributed by atoms with Crippen LogP contribution >= 0.6 is 0 Å². The minimum Gasteiger partial charge on any atom is -0.508 e. The predicted octanol–water partition coefficient (Wildman–Crippen LogP) is 9.72. The average Bonchev–Trinajstić information content (AvgIpc) is 2.90. The van der Waals surface area contributed by atoms with Crippen LogP contribution in [0.1, 0.15) is 161 Å². The lowest BCUT2D eigenvalue weighted by atomic mass is 9.98. The summed E-state index contributed by atoms with van der Waals surface area (Å²) in [4.78, 5) is 23.4. The monoisotopic (exact) mass is 576 g/mol. The molecule has 2 unspecified atom stereocenters. The maximum atomic E-state index is 11.7. The van der Waals surface area contributed by atoms with E-state index < -0.39 is 0 Å². The Balaban J connectivity index is 2.09. The molecule has 41 heavy (non-hydrogen) atoms. The van der Waals surface area contributed by atoms with Crippen molar-refractivity contribution < 1.29 is 29.3 Å². The third-order valence-corrected chi connectivity index (χ3v) is 7.81. The predicted molar refractivity (Wildman–Crippen MR) is 167 cm³/mol. The molecular formula is C35H60O6. The maximum absolute atomic E-state index is 11.7. The van der Waals surface area contributed by atoms with E-state index in [1.165, 1.54) is 110 Å². The number of benzene rings is 1. The summed E-state index contributed by atoms with van der Waals surface area (Å²) in [5, 5.41) is 19.1. The van der Waals surface area contributed by atoms with E-state index in [9.17, 15) is 19.8 Å². The molecule has 0 saturated carbocycles. The van der Waals surface area contributed by atoms with Gasteiger partial charge in [0.1, 0.15) is 23.7 Å². The van der Waals surface area contributed by atoms with E-state index in [4.69, 9.17) is 9.47 Å². The molecule has 1 rings (SSSR count). The largest absolute Gasteiger partial charge is 0.508 e. The van der Waals surface area contributed by atoms with E-state index in [1.807, 2.05) is 0 Å². The Morgan fingerprint density at radius 3 is 1.27 bits per heavy atom. The zero-order valence-corrected chi connectivity index (χ0v) is 26.5. The third kappa shape index (κ3) is 21.2. The van der Waals surface area contributed by atoms with E-state index in [2.05, 4.69) is 6.92 Å². The summed E-state index contributed by atoms with van der Waals surface area (Å²) < 4.78 is 11.2. The van der Waals surface area contributed by atoms with Crippen LogP contribution in [-0.4, -0.2) is 34.4 Å². The number of phenols is 2. The zero-order chi connectivity index (χ0) is 30.1. The Labute approximate surface area is 250 Å². The van der Waals surface area contributed by atoms with Crippen molar-refractivity contribution in [3.05, 3.63) is 23.8 Å². The second kappa shape index (κ2) is 24.4. The highest BCUT2D eigenvalue weighted by Crippen LogP contribution is 2.23. The van der Waals surface area contributed by atoms with Gasteiger partial charge in [-0.15, -0.1) is 0 Å². The number of carbonyl (C=O) groups is 2. The summed E-state index contributed by atoms with van der Waals surface area (Å²) in [6.45, 7) is 5.09. The van der Waals surface area contributed by atoms with Crippen LogP contribution in [0.25, 0.3) is 0 Å². The Kier molecular flexibility index (Phi) is 21.9. The van der Waals surface area contributed by atoms with Gasteiger partial charge in [-0.2, -0.15) is 0 Å². The summed E-state index contributed by atoms with van der Waals surface area (Å²) >= 11 is 0. The van der Waals surface area contributed by atoms with Crippen molar-refractivity contribution in [1.82, 2.24) is 0 Å². The summed E-state index contributed by atoms with van der Waals surface area (Å²) in [6.07, 6.45) is 24.6. The summed E-state index contributed by atoms with van der Waals surface area (Å²) in [5.41, 5.74) is 1.00. The third-order valence-electron chi connectivity index (χ3n) is 7.81. The summed E-state index contributed by atoms with van der Waals surface area (Å²) in [7, 11) is 0. The molecule has 1 aromatic carbocycles. The fraction of sp³-hybridized carbons (Fsp3) is 0.771. The van der Waals surface area contributed by atoms with Crippen LogP contribution in [0.2, 0.25) is 0 Å². The highest BCUT2D eigenvalue weighted by Gasteiger charge is 2.26. The Hall–Kier alpha value is -2.24. The number of rotatable bonds is 26. The molecule has 6 heteroatoms. The Bertz CT molecular complexity index is 788. The molecule has 1 aromatic rings. The highest BCUT2D eigenvalue weighted by molar-refractivity contribution is 5.67. The lowest BCUT2D eigenvalue weighted by molar-refractivity contribution is -0.166. The standard InChI is InChI=1S/C35H60O6/c1-4-5-6-7-18-21-24-34(40-29(2)36)35(41-30(3)37)25-22-19-16-14-12-10-8-9-11-13-15-17-20-23-31-26-32(38)28-33(39)27-31/h26-28,34-35,38-39H,4-25H2,1-3H3. The van der Waals surface area contributed by atoms with E-state index in [-0.39, 0.29) is 35.6 Å². The lowest BCUT2D eigenvalue weighted by Gasteiger charge is -2.26. The number of aromatic hydroxyl groups is 2. The fourth-order valence-electron chi connectivity index (χ4n) is 5.61. The molecule has 236 valence electrons. The zero-order valence-electron chi connectivity index (χ0n) is 26.5. The quantitative estimate of drug-likeness (QED) is 0.0842. The van der Waals surface area contributed by atoms with Crippen molar-refractivity contribution in [2.24, 2.45) is 0 Å². The van der Waals surface area contributed by atoms with Gasteiger partial charge < -0.3 is 19.7 Å². The van der Waals surface area contributed by atoms with Gasteiger partial charge in [0.15, 0.2) is 0 Å². The van der Waals surface area contributed by atoms with E-state index in [1.54, 1.807) is 12.1 Å². The van der Waals surface area contributed by atoms with Crippen LogP contribution in [0.3, 0.4) is 0 Å². The number of hydrogen-bond donors (Lipinski definition) is 2. The molecule has 0 aromatic heterocycles. The van der Waals surface area contributed by atoms with Gasteiger partial charge in [-0.25, -0.2) is 0 Å². The van der Waals surface area contributed by atoms with Gasteiger partial charge >= 0.3 is 11.9 Å². The average molecular weight is 577 g/mol. The van der Waals surface area contributed by atoms with Crippen molar-refractivity contribution in [2.45, 2.75) is 174 Å². The fourth-order valence-corrected chi connectivity index (χ4v) is 5.61. The molecule has 2 N–H and O–H groups in total. The topological polar surface area (TPSA) is 93.1 Å². The van der Waals surface area contributed by atoms with Gasteiger partial charge in [0.05, 0.1) is 0 Å². The Morgan fingerprint density at radius 2 is 0.902 bits per heavy atom. The second-order valence-corrected chi connectivity index (χ2v) is 11.8. The van der Waals surface area contributed by atoms with Gasteiger partial charge in [0, 0.05) is 19.9 Å². The number of hydrogen-bond acceptors (Lipinski definition) is 6. The van der Waals surface area contributed by atoms with E-state index in [0.29, 0.717) is 0 Å². The van der Waals surface area contributed by atoms with E-state index >= 15 is 0 Å². The van der Waals surface area contributed by atoms with Crippen molar-refractivity contribution in [2.75, 3.05) is 0 Å². The maximum Gasteiger partial charge on any atom is 0.303 e. The van der Waals surface area contributed by atoms with Crippen molar-refractivity contribution in [3.8, 4) is 11.5 Å². The minimum atomic E-state index is -0.341. The van der Waals surface area contributed by atoms with Gasteiger partial charge in [0.25, 0.3) is 0 Å². The molecule has 2 atom stereocenters.